The van der Waals surface area contributed by atoms with Crippen molar-refractivity contribution in [2.75, 3.05) is 5.32 Å². The van der Waals surface area contributed by atoms with Crippen LogP contribution in [0.1, 0.15) is 28.5 Å². The molecule has 0 radical (unpaired) electrons. The van der Waals surface area contributed by atoms with Crippen LogP contribution < -0.4 is 10.1 Å². The Bertz CT molecular complexity index is 1090. The van der Waals surface area contributed by atoms with E-state index >= 15 is 0 Å². The van der Waals surface area contributed by atoms with E-state index in [1.165, 1.54) is 36.5 Å². The maximum Gasteiger partial charge on any atom is 0.417 e. The smallest absolute Gasteiger partial charge is 0.417 e. The molecule has 11 heteroatoms. The fourth-order valence-corrected chi connectivity index (χ4v) is 3.27. The Morgan fingerprint density at radius 2 is 1.91 bits per heavy atom. The van der Waals surface area contributed by atoms with Crippen LogP contribution in [0.3, 0.4) is 0 Å². The van der Waals surface area contributed by atoms with Gasteiger partial charge < -0.3 is 14.8 Å². The number of halogens is 4. The third-order valence-electron chi connectivity index (χ3n) is 4.15. The van der Waals surface area contributed by atoms with Gasteiger partial charge in [-0.1, -0.05) is 11.6 Å². The average molecular weight is 485 g/mol. The Morgan fingerprint density at radius 1 is 1.19 bits per heavy atom. The summed E-state index contributed by atoms with van der Waals surface area (Å²) in [5.74, 6) is -1.05. The molecule has 0 aliphatic carbocycles. The van der Waals surface area contributed by atoms with Crippen LogP contribution in [0.2, 0.25) is 5.02 Å². The zero-order valence-corrected chi connectivity index (χ0v) is 18.1. The van der Waals surface area contributed by atoms with Crippen molar-refractivity contribution in [2.24, 2.45) is 0 Å². The van der Waals surface area contributed by atoms with Gasteiger partial charge in [0.05, 0.1) is 27.4 Å². The van der Waals surface area contributed by atoms with Crippen molar-refractivity contribution in [3.8, 4) is 5.75 Å². The summed E-state index contributed by atoms with van der Waals surface area (Å²) in [5, 5.41) is 3.64. The van der Waals surface area contributed by atoms with Crippen molar-refractivity contribution >= 4 is 40.5 Å². The van der Waals surface area contributed by atoms with E-state index in [4.69, 9.17) is 21.1 Å². The summed E-state index contributed by atoms with van der Waals surface area (Å²) in [6.07, 6.45) is -5.93. The fraction of sp³-hybridized carbons (Fsp3) is 0.190. The molecule has 0 unspecified atom stereocenters. The monoisotopic (exact) mass is 484 g/mol. The molecule has 168 valence electrons. The van der Waals surface area contributed by atoms with E-state index in [0.29, 0.717) is 11.8 Å². The second-order valence-electron chi connectivity index (χ2n) is 6.52. The SMILES string of the molecule is C[C@H](OC(=O)c1ccc(OCc2cscn2)cc1)C(=O)Nc1ccc(Cl)c(C(F)(F)F)c1. The van der Waals surface area contributed by atoms with E-state index in [-0.39, 0.29) is 17.9 Å². The number of carbonyl (C=O) groups excluding carboxylic acids is 2. The first kappa shape index (κ1) is 23.6. The van der Waals surface area contributed by atoms with Gasteiger partial charge in [0.2, 0.25) is 0 Å². The molecule has 1 N–H and O–H groups in total. The quantitative estimate of drug-likeness (QED) is 0.443. The van der Waals surface area contributed by atoms with Gasteiger partial charge in [-0.3, -0.25) is 4.79 Å². The number of benzene rings is 2. The highest BCUT2D eigenvalue weighted by Gasteiger charge is 2.33. The summed E-state index contributed by atoms with van der Waals surface area (Å²) in [5.41, 5.74) is 1.44. The Kier molecular flexibility index (Phi) is 7.37. The molecule has 2 aromatic carbocycles. The largest absolute Gasteiger partial charge is 0.487 e. The van der Waals surface area contributed by atoms with Crippen LogP contribution in [0, 0.1) is 0 Å². The number of anilines is 1. The summed E-state index contributed by atoms with van der Waals surface area (Å²) in [6, 6.07) is 9.03. The van der Waals surface area contributed by atoms with Gasteiger partial charge in [-0.15, -0.1) is 11.3 Å². The molecule has 32 heavy (non-hydrogen) atoms. The van der Waals surface area contributed by atoms with Crippen LogP contribution in [-0.4, -0.2) is 23.0 Å². The van der Waals surface area contributed by atoms with E-state index < -0.39 is 34.7 Å². The number of hydrogen-bond donors (Lipinski definition) is 1. The van der Waals surface area contributed by atoms with Crippen molar-refractivity contribution in [2.45, 2.75) is 25.8 Å². The third kappa shape index (κ3) is 6.21. The molecule has 3 rings (SSSR count). The molecule has 1 atom stereocenters. The normalized spacial score (nSPS) is 12.2. The zero-order valence-electron chi connectivity index (χ0n) is 16.5. The molecule has 1 heterocycles. The number of esters is 1. The van der Waals surface area contributed by atoms with E-state index in [9.17, 15) is 22.8 Å². The van der Waals surface area contributed by atoms with Crippen molar-refractivity contribution in [3.63, 3.8) is 0 Å². The van der Waals surface area contributed by atoms with E-state index in [1.54, 1.807) is 17.6 Å². The van der Waals surface area contributed by atoms with Crippen molar-refractivity contribution < 1.29 is 32.2 Å². The van der Waals surface area contributed by atoms with E-state index in [1.807, 2.05) is 5.38 Å². The predicted molar refractivity (Wildman–Crippen MR) is 113 cm³/mol. The Labute approximate surface area is 189 Å². The zero-order chi connectivity index (χ0) is 23.3. The van der Waals surface area contributed by atoms with Gasteiger partial charge in [-0.25, -0.2) is 9.78 Å². The van der Waals surface area contributed by atoms with Crippen molar-refractivity contribution in [1.29, 1.82) is 0 Å². The number of thiazole rings is 1. The minimum Gasteiger partial charge on any atom is -0.487 e. The van der Waals surface area contributed by atoms with Crippen molar-refractivity contribution in [1.82, 2.24) is 4.98 Å². The number of hydrogen-bond acceptors (Lipinski definition) is 6. The first-order valence-electron chi connectivity index (χ1n) is 9.12. The fourth-order valence-electron chi connectivity index (χ4n) is 2.50. The van der Waals surface area contributed by atoms with Gasteiger partial charge in [0.25, 0.3) is 5.91 Å². The number of alkyl halides is 3. The number of amides is 1. The number of aromatic nitrogens is 1. The maximum atomic E-state index is 13.0. The highest BCUT2D eigenvalue weighted by Crippen LogP contribution is 2.36. The number of carbonyl (C=O) groups is 2. The van der Waals surface area contributed by atoms with Crippen LogP contribution in [0.4, 0.5) is 18.9 Å². The molecule has 0 spiro atoms. The molecule has 1 aromatic heterocycles. The molecular formula is C21H16ClF3N2O4S. The summed E-state index contributed by atoms with van der Waals surface area (Å²) in [6.45, 7) is 1.59. The predicted octanol–water partition coefficient (Wildman–Crippen LogP) is 5.58. The lowest BCUT2D eigenvalue weighted by Crippen LogP contribution is -2.30. The molecule has 0 aliphatic heterocycles. The minimum atomic E-state index is -4.67. The Morgan fingerprint density at radius 3 is 2.53 bits per heavy atom. The molecule has 0 saturated heterocycles. The summed E-state index contributed by atoms with van der Waals surface area (Å²) in [7, 11) is 0. The number of nitrogens with one attached hydrogen (secondary N) is 1. The van der Waals surface area contributed by atoms with Gasteiger partial charge in [-0.2, -0.15) is 13.2 Å². The molecule has 0 saturated carbocycles. The highest BCUT2D eigenvalue weighted by atomic mass is 35.5. The number of rotatable bonds is 7. The average Bonchev–Trinajstić information content (AvgIpc) is 3.26. The third-order valence-corrected chi connectivity index (χ3v) is 5.12. The lowest BCUT2D eigenvalue weighted by molar-refractivity contribution is -0.137. The van der Waals surface area contributed by atoms with E-state index in [0.717, 1.165) is 11.8 Å². The van der Waals surface area contributed by atoms with Crippen LogP contribution in [0.15, 0.2) is 53.4 Å². The molecule has 0 aliphatic rings. The topological polar surface area (TPSA) is 77.5 Å². The first-order chi connectivity index (χ1) is 15.1. The van der Waals surface area contributed by atoms with Crippen molar-refractivity contribution in [3.05, 3.63) is 75.2 Å². The van der Waals surface area contributed by atoms with Crippen LogP contribution in [0.25, 0.3) is 0 Å². The molecule has 0 bridgehead atoms. The molecule has 3 aromatic rings. The lowest BCUT2D eigenvalue weighted by Gasteiger charge is -2.15. The lowest BCUT2D eigenvalue weighted by atomic mass is 10.2. The summed E-state index contributed by atoms with van der Waals surface area (Å²) < 4.78 is 49.5. The van der Waals surface area contributed by atoms with Gasteiger partial charge in [0, 0.05) is 11.1 Å². The van der Waals surface area contributed by atoms with Gasteiger partial charge >= 0.3 is 12.1 Å². The highest BCUT2D eigenvalue weighted by molar-refractivity contribution is 7.07. The van der Waals surface area contributed by atoms with Crippen LogP contribution in [0.5, 0.6) is 5.75 Å². The second-order valence-corrected chi connectivity index (χ2v) is 7.65. The maximum absolute atomic E-state index is 13.0. The Balaban J connectivity index is 1.56. The van der Waals surface area contributed by atoms with Gasteiger partial charge in [0.1, 0.15) is 12.4 Å². The minimum absolute atomic E-state index is 0.128. The standard InChI is InChI=1S/C21H16ClF3N2O4S/c1-12(19(28)27-14-4-7-18(22)17(8-14)21(23,24)25)31-20(29)13-2-5-16(6-3-13)30-9-15-10-32-11-26-15/h2-8,10-12H,9H2,1H3,(H,27,28)/t12-/m0/s1. The summed E-state index contributed by atoms with van der Waals surface area (Å²) >= 11 is 7.01. The number of ether oxygens (including phenoxy) is 2. The molecule has 0 fully saturated rings. The number of nitrogens with zero attached hydrogens (tertiary/aromatic N) is 1. The molecule has 1 amide bonds. The van der Waals surface area contributed by atoms with Gasteiger partial charge in [0.15, 0.2) is 6.10 Å². The molecular weight excluding hydrogens is 469 g/mol. The van der Waals surface area contributed by atoms with Crippen LogP contribution in [-0.2, 0) is 22.3 Å². The first-order valence-corrected chi connectivity index (χ1v) is 10.4. The van der Waals surface area contributed by atoms with E-state index in [2.05, 4.69) is 10.3 Å². The molecule has 6 nitrogen and oxygen atoms in total. The summed E-state index contributed by atoms with van der Waals surface area (Å²) in [4.78, 5) is 28.6. The second kappa shape index (κ2) is 10.0. The Hall–Kier alpha value is -3.11. The van der Waals surface area contributed by atoms with Crippen LogP contribution >= 0.6 is 22.9 Å². The van der Waals surface area contributed by atoms with Gasteiger partial charge in [-0.05, 0) is 49.4 Å².